The molecule has 0 aliphatic rings. The van der Waals surface area contributed by atoms with Crippen molar-refractivity contribution in [2.45, 2.75) is 0 Å². The van der Waals surface area contributed by atoms with Gasteiger partial charge in [0, 0.05) is 30.7 Å². The van der Waals surface area contributed by atoms with Crippen LogP contribution in [0.1, 0.15) is 26.4 Å². The highest BCUT2D eigenvalue weighted by molar-refractivity contribution is 7.80. The molecular formula is C16H15N5O4S. The van der Waals surface area contributed by atoms with Crippen molar-refractivity contribution in [3.05, 3.63) is 64.4 Å². The summed E-state index contributed by atoms with van der Waals surface area (Å²) < 4.78 is 5.33. The lowest BCUT2D eigenvalue weighted by atomic mass is 10.2. The van der Waals surface area contributed by atoms with Gasteiger partial charge in [0.1, 0.15) is 0 Å². The summed E-state index contributed by atoms with van der Waals surface area (Å²) in [6.07, 6.45) is 5.50. The molecule has 0 spiro atoms. The van der Waals surface area contributed by atoms with E-state index in [1.54, 1.807) is 6.08 Å². The Labute approximate surface area is 153 Å². The lowest BCUT2D eigenvalue weighted by Crippen LogP contribution is -2.27. The lowest BCUT2D eigenvalue weighted by molar-refractivity contribution is 0.0593. The molecule has 10 heteroatoms. The molecule has 2 N–H and O–H groups in total. The van der Waals surface area contributed by atoms with Crippen LogP contribution >= 0.6 is 12.2 Å². The molecule has 0 unspecified atom stereocenters. The number of thiocarbonyl (C=S) groups is 1. The number of nitrogens with one attached hydrogen (secondary N) is 2. The van der Waals surface area contributed by atoms with Gasteiger partial charge in [-0.15, -0.1) is 6.58 Å². The van der Waals surface area contributed by atoms with E-state index in [9.17, 15) is 14.4 Å². The van der Waals surface area contributed by atoms with Gasteiger partial charge in [-0.25, -0.2) is 9.79 Å². The SMILES string of the molecule is C=CCNC(=S)N=Cc1c(C(=O)OC)[nH]n(C(=O)c2ccncc2)c1=O. The molecule has 134 valence electrons. The minimum absolute atomic E-state index is 0.0910. The summed E-state index contributed by atoms with van der Waals surface area (Å²) >= 11 is 4.97. The van der Waals surface area contributed by atoms with Crippen LogP contribution < -0.4 is 10.9 Å². The van der Waals surface area contributed by atoms with E-state index in [1.807, 2.05) is 0 Å². The van der Waals surface area contributed by atoms with Gasteiger partial charge >= 0.3 is 5.97 Å². The van der Waals surface area contributed by atoms with Gasteiger partial charge in [0.2, 0.25) is 0 Å². The Morgan fingerprint density at radius 3 is 2.77 bits per heavy atom. The molecule has 2 heterocycles. The number of carbonyl (C=O) groups excluding carboxylic acids is 2. The molecule has 0 aliphatic carbocycles. The molecule has 0 saturated heterocycles. The number of ether oxygens (including phenoxy) is 1. The highest BCUT2D eigenvalue weighted by Gasteiger charge is 2.23. The number of aliphatic imine (C=N–C) groups is 1. The molecular weight excluding hydrogens is 358 g/mol. The second-order valence-corrected chi connectivity index (χ2v) is 5.19. The van der Waals surface area contributed by atoms with Gasteiger partial charge in [-0.1, -0.05) is 6.08 Å². The van der Waals surface area contributed by atoms with Crippen LogP contribution in [0.3, 0.4) is 0 Å². The monoisotopic (exact) mass is 373 g/mol. The summed E-state index contributed by atoms with van der Waals surface area (Å²) in [6, 6.07) is 2.88. The fourth-order valence-electron chi connectivity index (χ4n) is 1.92. The van der Waals surface area contributed by atoms with E-state index in [-0.39, 0.29) is 21.9 Å². The summed E-state index contributed by atoms with van der Waals surface area (Å²) in [5.41, 5.74) is -0.911. The van der Waals surface area contributed by atoms with Gasteiger partial charge in [0.05, 0.1) is 12.7 Å². The van der Waals surface area contributed by atoms with E-state index >= 15 is 0 Å². The van der Waals surface area contributed by atoms with E-state index in [1.165, 1.54) is 24.5 Å². The molecule has 2 aromatic rings. The second kappa shape index (κ2) is 8.62. The molecule has 0 saturated carbocycles. The van der Waals surface area contributed by atoms with Crippen molar-refractivity contribution in [1.29, 1.82) is 0 Å². The van der Waals surface area contributed by atoms with Crippen molar-refractivity contribution in [2.75, 3.05) is 13.7 Å². The quantitative estimate of drug-likeness (QED) is 0.340. The van der Waals surface area contributed by atoms with Crippen LogP contribution in [-0.2, 0) is 4.74 Å². The molecule has 0 bridgehead atoms. The third kappa shape index (κ3) is 4.16. The first-order valence-electron chi connectivity index (χ1n) is 7.30. The summed E-state index contributed by atoms with van der Waals surface area (Å²) in [7, 11) is 1.15. The van der Waals surface area contributed by atoms with Gasteiger partial charge in [-0.2, -0.15) is 4.68 Å². The van der Waals surface area contributed by atoms with Crippen LogP contribution in [0.5, 0.6) is 0 Å². The molecule has 26 heavy (non-hydrogen) atoms. The van der Waals surface area contributed by atoms with Crippen LogP contribution in [0.2, 0.25) is 0 Å². The number of pyridine rings is 1. The number of esters is 1. The number of carbonyl (C=O) groups is 2. The van der Waals surface area contributed by atoms with Crippen molar-refractivity contribution in [1.82, 2.24) is 20.1 Å². The molecule has 0 atom stereocenters. The molecule has 2 aromatic heterocycles. The van der Waals surface area contributed by atoms with Crippen LogP contribution in [0.15, 0.2) is 47.0 Å². The van der Waals surface area contributed by atoms with Gasteiger partial charge in [-0.3, -0.25) is 19.7 Å². The first-order chi connectivity index (χ1) is 12.5. The van der Waals surface area contributed by atoms with E-state index < -0.39 is 17.4 Å². The minimum atomic E-state index is -0.824. The largest absolute Gasteiger partial charge is 0.464 e. The number of hydrogen-bond donors (Lipinski definition) is 2. The zero-order chi connectivity index (χ0) is 19.1. The van der Waals surface area contributed by atoms with Gasteiger partial charge in [-0.05, 0) is 24.4 Å². The van der Waals surface area contributed by atoms with E-state index in [2.05, 4.69) is 31.7 Å². The number of aromatic nitrogens is 3. The maximum Gasteiger partial charge on any atom is 0.356 e. The summed E-state index contributed by atoms with van der Waals surface area (Å²) in [5.74, 6) is -1.48. The highest BCUT2D eigenvalue weighted by atomic mass is 32.1. The minimum Gasteiger partial charge on any atom is -0.464 e. The number of H-pyrrole nitrogens is 1. The van der Waals surface area contributed by atoms with Gasteiger partial charge in [0.15, 0.2) is 10.8 Å². The number of hydrogen-bond acceptors (Lipinski definition) is 6. The Bertz CT molecular complexity index is 930. The first kappa shape index (κ1) is 18.9. The lowest BCUT2D eigenvalue weighted by Gasteiger charge is -2.00. The fourth-order valence-corrected chi connectivity index (χ4v) is 2.06. The molecule has 0 radical (unpaired) electrons. The molecule has 0 aliphatic heterocycles. The van der Waals surface area contributed by atoms with Crippen LogP contribution in [0, 0.1) is 0 Å². The van der Waals surface area contributed by atoms with Gasteiger partial charge in [0.25, 0.3) is 11.5 Å². The Hall–Kier alpha value is -3.40. The topological polar surface area (TPSA) is 118 Å². The summed E-state index contributed by atoms with van der Waals surface area (Å²) in [5, 5.41) is 5.29. The van der Waals surface area contributed by atoms with Gasteiger partial charge < -0.3 is 10.1 Å². The Morgan fingerprint density at radius 1 is 1.46 bits per heavy atom. The van der Waals surface area contributed by atoms with E-state index in [4.69, 9.17) is 12.2 Å². The summed E-state index contributed by atoms with van der Waals surface area (Å²) in [4.78, 5) is 44.7. The third-order valence-electron chi connectivity index (χ3n) is 3.15. The average molecular weight is 373 g/mol. The van der Waals surface area contributed by atoms with Crippen molar-refractivity contribution >= 4 is 35.4 Å². The zero-order valence-corrected chi connectivity index (χ0v) is 14.6. The first-order valence-corrected chi connectivity index (χ1v) is 7.71. The second-order valence-electron chi connectivity index (χ2n) is 4.81. The smallest absolute Gasteiger partial charge is 0.356 e. The third-order valence-corrected chi connectivity index (χ3v) is 3.40. The average Bonchev–Trinajstić information content (AvgIpc) is 3.00. The fraction of sp³-hybridized carbons (Fsp3) is 0.125. The normalized spacial score (nSPS) is 10.5. The predicted octanol–water partition coefficient (Wildman–Crippen LogP) is 0.526. The zero-order valence-electron chi connectivity index (χ0n) is 13.8. The maximum absolute atomic E-state index is 12.6. The molecule has 0 aromatic carbocycles. The summed E-state index contributed by atoms with van der Waals surface area (Å²) in [6.45, 7) is 3.92. The van der Waals surface area contributed by atoms with Crippen LogP contribution in [0.25, 0.3) is 0 Å². The Morgan fingerprint density at radius 2 is 2.15 bits per heavy atom. The number of nitrogens with zero attached hydrogens (tertiary/aromatic N) is 3. The number of aromatic amines is 1. The molecule has 0 fully saturated rings. The van der Waals surface area contributed by atoms with Crippen molar-refractivity contribution in [3.8, 4) is 0 Å². The van der Waals surface area contributed by atoms with Crippen LogP contribution in [-0.4, -0.2) is 51.6 Å². The van der Waals surface area contributed by atoms with E-state index in [0.29, 0.717) is 11.2 Å². The Kier molecular flexibility index (Phi) is 6.28. The molecule has 2 rings (SSSR count). The molecule has 0 amide bonds. The van der Waals surface area contributed by atoms with Crippen molar-refractivity contribution in [3.63, 3.8) is 0 Å². The standard InChI is InChI=1S/C16H15N5O4S/c1-3-6-18-16(26)19-9-11-12(15(24)25-2)20-21(14(11)23)13(22)10-4-7-17-8-5-10/h3-5,7-9,20H,1,6H2,2H3,(H,18,26). The Balaban J connectivity index is 2.45. The van der Waals surface area contributed by atoms with Crippen molar-refractivity contribution in [2.24, 2.45) is 4.99 Å². The van der Waals surface area contributed by atoms with Crippen molar-refractivity contribution < 1.29 is 14.3 Å². The number of methoxy groups -OCH3 is 1. The maximum atomic E-state index is 12.6. The molecule has 9 nitrogen and oxygen atoms in total. The highest BCUT2D eigenvalue weighted by Crippen LogP contribution is 2.05. The van der Waals surface area contributed by atoms with E-state index in [0.717, 1.165) is 13.3 Å². The van der Waals surface area contributed by atoms with Crippen LogP contribution in [0.4, 0.5) is 0 Å². The number of rotatable bonds is 5. The predicted molar refractivity (Wildman–Crippen MR) is 98.7 cm³/mol.